The average molecular weight is 278 g/mol. The van der Waals surface area contributed by atoms with Crippen molar-refractivity contribution in [3.05, 3.63) is 35.4 Å². The zero-order valence-electron chi connectivity index (χ0n) is 7.90. The first-order valence-electron chi connectivity index (χ1n) is 4.40. The van der Waals surface area contributed by atoms with Gasteiger partial charge in [-0.1, -0.05) is 28.1 Å². The Morgan fingerprint density at radius 2 is 2.13 bits per heavy atom. The number of hydrogen-bond donors (Lipinski definition) is 1. The molecule has 0 aliphatic carbocycles. The van der Waals surface area contributed by atoms with Gasteiger partial charge in [-0.3, -0.25) is 4.79 Å². The van der Waals surface area contributed by atoms with Crippen molar-refractivity contribution in [2.24, 2.45) is 0 Å². The van der Waals surface area contributed by atoms with Crippen LogP contribution in [0.5, 0.6) is 0 Å². The predicted octanol–water partition coefficient (Wildman–Crippen LogP) is 2.02. The first-order chi connectivity index (χ1) is 7.15. The van der Waals surface area contributed by atoms with Crippen LogP contribution < -0.4 is 5.32 Å². The van der Waals surface area contributed by atoms with Crippen molar-refractivity contribution in [1.29, 1.82) is 0 Å². The summed E-state index contributed by atoms with van der Waals surface area (Å²) in [6, 6.07) is 3.80. The van der Waals surface area contributed by atoms with E-state index >= 15 is 0 Å². The quantitative estimate of drug-likeness (QED) is 0.839. The maximum atomic E-state index is 13.1. The van der Waals surface area contributed by atoms with E-state index in [1.54, 1.807) is 0 Å². The molecule has 0 bridgehead atoms. The summed E-state index contributed by atoms with van der Waals surface area (Å²) >= 11 is 3.14. The Morgan fingerprint density at radius 3 is 2.80 bits per heavy atom. The van der Waals surface area contributed by atoms with Crippen molar-refractivity contribution in [2.45, 2.75) is 6.42 Å². The van der Waals surface area contributed by atoms with Crippen LogP contribution in [0.25, 0.3) is 0 Å². The number of hydrogen-bond acceptors (Lipinski definition) is 1. The summed E-state index contributed by atoms with van der Waals surface area (Å²) in [7, 11) is 0. The van der Waals surface area contributed by atoms with Crippen LogP contribution in [0.2, 0.25) is 0 Å². The number of carbonyl (C=O) groups excluding carboxylic acids is 1. The highest BCUT2D eigenvalue weighted by Gasteiger charge is 2.10. The normalized spacial score (nSPS) is 10.1. The van der Waals surface area contributed by atoms with Crippen molar-refractivity contribution in [3.63, 3.8) is 0 Å². The number of carbonyl (C=O) groups is 1. The smallest absolute Gasteiger partial charge is 0.224 e. The van der Waals surface area contributed by atoms with Gasteiger partial charge < -0.3 is 5.32 Å². The van der Waals surface area contributed by atoms with Gasteiger partial charge in [0.15, 0.2) is 11.6 Å². The van der Waals surface area contributed by atoms with Gasteiger partial charge in [-0.05, 0) is 6.07 Å². The van der Waals surface area contributed by atoms with Crippen LogP contribution in [0, 0.1) is 11.6 Å². The van der Waals surface area contributed by atoms with Gasteiger partial charge in [0.25, 0.3) is 0 Å². The molecule has 0 fully saturated rings. The fourth-order valence-corrected chi connectivity index (χ4v) is 1.31. The first-order valence-corrected chi connectivity index (χ1v) is 5.53. The van der Waals surface area contributed by atoms with E-state index in [1.807, 2.05) is 0 Å². The molecule has 2 nitrogen and oxygen atoms in total. The average Bonchev–Trinajstić information content (AvgIpc) is 2.22. The summed E-state index contributed by atoms with van der Waals surface area (Å²) in [5.74, 6) is -2.20. The third kappa shape index (κ3) is 3.58. The van der Waals surface area contributed by atoms with Crippen molar-refractivity contribution in [1.82, 2.24) is 5.32 Å². The Labute approximate surface area is 94.8 Å². The van der Waals surface area contributed by atoms with Crippen LogP contribution in [0.1, 0.15) is 5.56 Å². The maximum Gasteiger partial charge on any atom is 0.224 e. The number of nitrogens with one attached hydrogen (secondary N) is 1. The van der Waals surface area contributed by atoms with E-state index in [4.69, 9.17) is 0 Å². The molecule has 1 aromatic carbocycles. The molecule has 0 spiro atoms. The van der Waals surface area contributed by atoms with Crippen LogP contribution in [-0.4, -0.2) is 17.8 Å². The van der Waals surface area contributed by atoms with Crippen molar-refractivity contribution >= 4 is 21.8 Å². The zero-order chi connectivity index (χ0) is 11.3. The molecule has 1 aromatic rings. The second-order valence-corrected chi connectivity index (χ2v) is 3.72. The molecule has 15 heavy (non-hydrogen) atoms. The predicted molar refractivity (Wildman–Crippen MR) is 56.9 cm³/mol. The number of alkyl halides is 1. The van der Waals surface area contributed by atoms with Crippen LogP contribution >= 0.6 is 15.9 Å². The monoisotopic (exact) mass is 277 g/mol. The largest absolute Gasteiger partial charge is 0.355 e. The van der Waals surface area contributed by atoms with E-state index in [1.165, 1.54) is 12.1 Å². The maximum absolute atomic E-state index is 13.1. The van der Waals surface area contributed by atoms with Crippen LogP contribution in [0.4, 0.5) is 8.78 Å². The molecule has 0 radical (unpaired) electrons. The van der Waals surface area contributed by atoms with Crippen LogP contribution in [0.3, 0.4) is 0 Å². The SMILES string of the molecule is O=C(Cc1cccc(F)c1F)NCCBr. The summed E-state index contributed by atoms with van der Waals surface area (Å²) in [5, 5.41) is 3.18. The van der Waals surface area contributed by atoms with E-state index in [9.17, 15) is 13.6 Å². The highest BCUT2D eigenvalue weighted by Crippen LogP contribution is 2.11. The Morgan fingerprint density at radius 1 is 1.40 bits per heavy atom. The minimum atomic E-state index is -0.952. The van der Waals surface area contributed by atoms with E-state index in [2.05, 4.69) is 21.2 Å². The summed E-state index contributed by atoms with van der Waals surface area (Å²) < 4.78 is 25.9. The summed E-state index contributed by atoms with van der Waals surface area (Å²) in [6.07, 6.45) is -0.142. The van der Waals surface area contributed by atoms with Gasteiger partial charge in [-0.25, -0.2) is 8.78 Å². The molecule has 82 valence electrons. The number of benzene rings is 1. The zero-order valence-corrected chi connectivity index (χ0v) is 9.48. The molecule has 0 aromatic heterocycles. The van der Waals surface area contributed by atoms with Crippen molar-refractivity contribution < 1.29 is 13.6 Å². The van der Waals surface area contributed by atoms with Gasteiger partial charge >= 0.3 is 0 Å². The molecule has 0 saturated heterocycles. The third-order valence-corrected chi connectivity index (χ3v) is 2.20. The molecular weight excluding hydrogens is 268 g/mol. The molecule has 0 aliphatic heterocycles. The molecule has 0 atom stereocenters. The Balaban J connectivity index is 2.64. The second kappa shape index (κ2) is 5.80. The number of rotatable bonds is 4. The Bertz CT molecular complexity index is 357. The van der Waals surface area contributed by atoms with Gasteiger partial charge in [0.05, 0.1) is 6.42 Å². The third-order valence-electron chi connectivity index (χ3n) is 1.80. The Kier molecular flexibility index (Phi) is 4.68. The fraction of sp³-hybridized carbons (Fsp3) is 0.300. The van der Waals surface area contributed by atoms with Crippen LogP contribution in [-0.2, 0) is 11.2 Å². The minimum Gasteiger partial charge on any atom is -0.355 e. The first kappa shape index (κ1) is 12.1. The van der Waals surface area contributed by atoms with E-state index in [-0.39, 0.29) is 17.9 Å². The molecule has 0 saturated carbocycles. The number of amides is 1. The molecule has 0 aliphatic rings. The lowest BCUT2D eigenvalue weighted by atomic mass is 10.1. The van der Waals surface area contributed by atoms with Gasteiger partial charge in [-0.2, -0.15) is 0 Å². The minimum absolute atomic E-state index is 0.0714. The second-order valence-electron chi connectivity index (χ2n) is 2.93. The molecule has 5 heteroatoms. The molecule has 0 unspecified atom stereocenters. The topological polar surface area (TPSA) is 29.1 Å². The standard InChI is InChI=1S/C10H10BrF2NO/c11-4-5-14-9(15)6-7-2-1-3-8(12)10(7)13/h1-3H,4-6H2,(H,14,15). The number of halogens is 3. The van der Waals surface area contributed by atoms with Crippen LogP contribution in [0.15, 0.2) is 18.2 Å². The highest BCUT2D eigenvalue weighted by molar-refractivity contribution is 9.09. The van der Waals surface area contributed by atoms with Gasteiger partial charge in [-0.15, -0.1) is 0 Å². The Hall–Kier alpha value is -0.970. The molecule has 0 heterocycles. The molecular formula is C10H10BrF2NO. The highest BCUT2D eigenvalue weighted by atomic mass is 79.9. The van der Waals surface area contributed by atoms with Gasteiger partial charge in [0.1, 0.15) is 0 Å². The molecule has 1 N–H and O–H groups in total. The lowest BCUT2D eigenvalue weighted by Crippen LogP contribution is -2.27. The van der Waals surface area contributed by atoms with Gasteiger partial charge in [0, 0.05) is 17.4 Å². The lowest BCUT2D eigenvalue weighted by molar-refractivity contribution is -0.120. The molecule has 1 rings (SSSR count). The van der Waals surface area contributed by atoms with Gasteiger partial charge in [0.2, 0.25) is 5.91 Å². The van der Waals surface area contributed by atoms with Crippen molar-refractivity contribution in [3.8, 4) is 0 Å². The van der Waals surface area contributed by atoms with E-state index in [0.717, 1.165) is 6.07 Å². The fourth-order valence-electron chi connectivity index (χ4n) is 1.11. The summed E-state index contributed by atoms with van der Waals surface area (Å²) in [4.78, 5) is 11.2. The summed E-state index contributed by atoms with van der Waals surface area (Å²) in [6.45, 7) is 0.468. The molecule has 1 amide bonds. The lowest BCUT2D eigenvalue weighted by Gasteiger charge is -2.04. The summed E-state index contributed by atoms with van der Waals surface area (Å²) in [5.41, 5.74) is 0.0714. The van der Waals surface area contributed by atoms with E-state index in [0.29, 0.717) is 11.9 Å². The van der Waals surface area contributed by atoms with Crippen molar-refractivity contribution in [2.75, 3.05) is 11.9 Å². The van der Waals surface area contributed by atoms with E-state index < -0.39 is 11.6 Å².